The van der Waals surface area contributed by atoms with Crippen LogP contribution in [0.5, 0.6) is 0 Å². The first-order chi connectivity index (χ1) is 10.1. The van der Waals surface area contributed by atoms with Gasteiger partial charge in [-0.05, 0) is 44.4 Å². The monoisotopic (exact) mass is 292 g/mol. The molecule has 2 aliphatic carbocycles. The Kier molecular flexibility index (Phi) is 4.95. The second-order valence-electron chi connectivity index (χ2n) is 8.49. The van der Waals surface area contributed by atoms with E-state index in [1.807, 2.05) is 0 Å². The molecule has 0 radical (unpaired) electrons. The van der Waals surface area contributed by atoms with Gasteiger partial charge in [0.05, 0.1) is 0 Å². The fourth-order valence-corrected chi connectivity index (χ4v) is 5.30. The zero-order valence-electron chi connectivity index (χ0n) is 14.5. The molecule has 0 amide bonds. The molecule has 2 saturated carbocycles. The molecule has 2 atom stereocenters. The van der Waals surface area contributed by atoms with Crippen molar-refractivity contribution in [3.63, 3.8) is 0 Å². The Morgan fingerprint density at radius 2 is 1.62 bits per heavy atom. The van der Waals surface area contributed by atoms with Gasteiger partial charge in [-0.15, -0.1) is 0 Å². The summed E-state index contributed by atoms with van der Waals surface area (Å²) in [5.41, 5.74) is 0.455. The van der Waals surface area contributed by atoms with E-state index in [2.05, 4.69) is 31.0 Å². The second kappa shape index (κ2) is 6.58. The normalized spacial score (nSPS) is 32.9. The molecule has 0 bridgehead atoms. The summed E-state index contributed by atoms with van der Waals surface area (Å²) < 4.78 is 0. The minimum Gasteiger partial charge on any atom is -0.308 e. The van der Waals surface area contributed by atoms with Crippen molar-refractivity contribution in [1.82, 2.24) is 10.2 Å². The Morgan fingerprint density at radius 1 is 0.952 bits per heavy atom. The molecule has 1 saturated heterocycles. The summed E-state index contributed by atoms with van der Waals surface area (Å²) in [5, 5.41) is 4.00. The number of hydrogen-bond acceptors (Lipinski definition) is 2. The van der Waals surface area contributed by atoms with Crippen molar-refractivity contribution < 1.29 is 0 Å². The third-order valence-corrected chi connectivity index (χ3v) is 6.78. The largest absolute Gasteiger partial charge is 0.308 e. The zero-order chi connectivity index (χ0) is 14.9. The van der Waals surface area contributed by atoms with Gasteiger partial charge in [-0.1, -0.05) is 46.0 Å². The molecule has 3 fully saturated rings. The van der Waals surface area contributed by atoms with Crippen LogP contribution in [-0.2, 0) is 0 Å². The minimum atomic E-state index is 0.455. The van der Waals surface area contributed by atoms with Gasteiger partial charge in [0, 0.05) is 30.7 Å². The smallest absolute Gasteiger partial charge is 0.0309 e. The van der Waals surface area contributed by atoms with Crippen LogP contribution in [0.2, 0.25) is 0 Å². The number of piperazine rings is 1. The Labute approximate surface area is 132 Å². The number of hydrogen-bond donors (Lipinski definition) is 1. The van der Waals surface area contributed by atoms with Gasteiger partial charge in [0.1, 0.15) is 0 Å². The van der Waals surface area contributed by atoms with Crippen molar-refractivity contribution in [3.05, 3.63) is 0 Å². The number of nitrogens with zero attached hydrogens (tertiary/aromatic N) is 1. The zero-order valence-corrected chi connectivity index (χ0v) is 14.5. The van der Waals surface area contributed by atoms with Crippen LogP contribution in [-0.4, -0.2) is 35.6 Å². The van der Waals surface area contributed by atoms with Crippen molar-refractivity contribution in [3.8, 4) is 0 Å². The number of rotatable bonds is 3. The van der Waals surface area contributed by atoms with Gasteiger partial charge in [-0.25, -0.2) is 0 Å². The minimum absolute atomic E-state index is 0.455. The lowest BCUT2D eigenvalue weighted by molar-refractivity contribution is -0.00539. The van der Waals surface area contributed by atoms with E-state index in [1.54, 1.807) is 0 Å². The molecule has 21 heavy (non-hydrogen) atoms. The predicted molar refractivity (Wildman–Crippen MR) is 90.6 cm³/mol. The van der Waals surface area contributed by atoms with E-state index < -0.39 is 0 Å². The van der Waals surface area contributed by atoms with Crippen molar-refractivity contribution in [2.75, 3.05) is 13.1 Å². The SMILES string of the molecule is CC(C)C1CNC2(CCCCC2)CN1C(C)C1CCCC1. The van der Waals surface area contributed by atoms with Gasteiger partial charge in [0.15, 0.2) is 0 Å². The first kappa shape index (κ1) is 15.8. The van der Waals surface area contributed by atoms with Crippen molar-refractivity contribution in [2.45, 2.75) is 96.2 Å². The third kappa shape index (κ3) is 3.32. The van der Waals surface area contributed by atoms with E-state index in [1.165, 1.54) is 70.9 Å². The maximum atomic E-state index is 4.00. The van der Waals surface area contributed by atoms with Gasteiger partial charge in [0.2, 0.25) is 0 Å². The van der Waals surface area contributed by atoms with Crippen LogP contribution >= 0.6 is 0 Å². The van der Waals surface area contributed by atoms with Crippen LogP contribution in [0.15, 0.2) is 0 Å². The van der Waals surface area contributed by atoms with E-state index in [-0.39, 0.29) is 0 Å². The molecule has 2 heteroatoms. The Balaban J connectivity index is 1.74. The molecule has 2 nitrogen and oxygen atoms in total. The van der Waals surface area contributed by atoms with Crippen LogP contribution < -0.4 is 5.32 Å². The van der Waals surface area contributed by atoms with Crippen LogP contribution in [0.4, 0.5) is 0 Å². The summed E-state index contributed by atoms with van der Waals surface area (Å²) >= 11 is 0. The fourth-order valence-electron chi connectivity index (χ4n) is 5.30. The topological polar surface area (TPSA) is 15.3 Å². The van der Waals surface area contributed by atoms with Gasteiger partial charge in [0.25, 0.3) is 0 Å². The molecule has 3 rings (SSSR count). The molecule has 0 aromatic carbocycles. The summed E-state index contributed by atoms with van der Waals surface area (Å²) in [7, 11) is 0. The lowest BCUT2D eigenvalue weighted by Gasteiger charge is -2.53. The molecule has 1 aliphatic heterocycles. The molecule has 3 aliphatic rings. The number of nitrogens with one attached hydrogen (secondary N) is 1. The van der Waals surface area contributed by atoms with E-state index in [4.69, 9.17) is 0 Å². The first-order valence-electron chi connectivity index (χ1n) is 9.62. The molecule has 1 N–H and O–H groups in total. The molecular weight excluding hydrogens is 256 g/mol. The van der Waals surface area contributed by atoms with Gasteiger partial charge in [-0.3, -0.25) is 4.90 Å². The van der Waals surface area contributed by atoms with Crippen molar-refractivity contribution >= 4 is 0 Å². The highest BCUT2D eigenvalue weighted by Gasteiger charge is 2.43. The summed E-state index contributed by atoms with van der Waals surface area (Å²) in [6, 6.07) is 1.54. The highest BCUT2D eigenvalue weighted by atomic mass is 15.3. The average Bonchev–Trinajstić information content (AvgIpc) is 3.01. The molecule has 0 aromatic heterocycles. The molecule has 2 unspecified atom stereocenters. The average molecular weight is 293 g/mol. The highest BCUT2D eigenvalue weighted by Crippen LogP contribution is 2.37. The van der Waals surface area contributed by atoms with Gasteiger partial charge in [-0.2, -0.15) is 0 Å². The van der Waals surface area contributed by atoms with E-state index in [0.717, 1.165) is 23.9 Å². The highest BCUT2D eigenvalue weighted by molar-refractivity contribution is 5.02. The standard InChI is InChI=1S/C19H36N2/c1-15(2)18-13-20-19(11-7-4-8-12-19)14-21(18)16(3)17-9-5-6-10-17/h15-18,20H,4-14H2,1-3H3. The maximum absolute atomic E-state index is 4.00. The molecular formula is C19H36N2. The summed E-state index contributed by atoms with van der Waals surface area (Å²) in [6.45, 7) is 9.90. The first-order valence-corrected chi connectivity index (χ1v) is 9.62. The third-order valence-electron chi connectivity index (χ3n) is 6.78. The van der Waals surface area contributed by atoms with E-state index in [0.29, 0.717) is 5.54 Å². The van der Waals surface area contributed by atoms with Crippen LogP contribution in [0.25, 0.3) is 0 Å². The Bertz CT molecular complexity index is 326. The molecule has 0 aromatic rings. The fraction of sp³-hybridized carbons (Fsp3) is 1.00. The summed E-state index contributed by atoms with van der Waals surface area (Å²) in [4.78, 5) is 2.93. The Morgan fingerprint density at radius 3 is 2.24 bits per heavy atom. The summed E-state index contributed by atoms with van der Waals surface area (Å²) in [6.07, 6.45) is 13.0. The molecule has 122 valence electrons. The van der Waals surface area contributed by atoms with E-state index >= 15 is 0 Å². The van der Waals surface area contributed by atoms with Gasteiger partial charge >= 0.3 is 0 Å². The Hall–Kier alpha value is -0.0800. The molecule has 1 spiro atoms. The second-order valence-corrected chi connectivity index (χ2v) is 8.49. The summed E-state index contributed by atoms with van der Waals surface area (Å²) in [5.74, 6) is 1.73. The van der Waals surface area contributed by atoms with Crippen LogP contribution in [0, 0.1) is 11.8 Å². The predicted octanol–water partition coefficient (Wildman–Crippen LogP) is 4.20. The lowest BCUT2D eigenvalue weighted by Crippen LogP contribution is -2.68. The molecule has 1 heterocycles. The van der Waals surface area contributed by atoms with Crippen LogP contribution in [0.3, 0.4) is 0 Å². The quantitative estimate of drug-likeness (QED) is 0.839. The van der Waals surface area contributed by atoms with Crippen molar-refractivity contribution in [1.29, 1.82) is 0 Å². The van der Waals surface area contributed by atoms with Crippen LogP contribution in [0.1, 0.15) is 78.6 Å². The van der Waals surface area contributed by atoms with Crippen molar-refractivity contribution in [2.24, 2.45) is 11.8 Å². The maximum Gasteiger partial charge on any atom is 0.0309 e. The van der Waals surface area contributed by atoms with E-state index in [9.17, 15) is 0 Å². The van der Waals surface area contributed by atoms with Gasteiger partial charge < -0.3 is 5.32 Å². The lowest BCUT2D eigenvalue weighted by atomic mass is 9.77.